The third kappa shape index (κ3) is 5.72. The predicted octanol–water partition coefficient (Wildman–Crippen LogP) is 6.63. The number of esters is 1. The molecule has 0 saturated carbocycles. The van der Waals surface area contributed by atoms with Crippen LogP contribution in [0.4, 0.5) is 0 Å². The van der Waals surface area contributed by atoms with Gasteiger partial charge < -0.3 is 4.74 Å². The van der Waals surface area contributed by atoms with Crippen molar-refractivity contribution < 1.29 is 17.9 Å². The highest BCUT2D eigenvalue weighted by molar-refractivity contribution is 9.10. The Morgan fingerprint density at radius 3 is 1.89 bits per heavy atom. The van der Waals surface area contributed by atoms with E-state index >= 15 is 0 Å². The van der Waals surface area contributed by atoms with Crippen LogP contribution in [-0.2, 0) is 27.6 Å². The average Bonchev–Trinajstić information content (AvgIpc) is 2.89. The molecule has 4 aromatic carbocycles. The molecule has 0 radical (unpaired) electrons. The number of hydrogen-bond acceptors (Lipinski definition) is 4. The van der Waals surface area contributed by atoms with Gasteiger partial charge in [-0.2, -0.15) is 4.31 Å². The van der Waals surface area contributed by atoms with E-state index in [1.165, 1.54) is 17.5 Å². The first kappa shape index (κ1) is 26.5. The van der Waals surface area contributed by atoms with Crippen LogP contribution in [0.3, 0.4) is 0 Å². The molecule has 0 heterocycles. The average molecular weight is 631 g/mol. The van der Waals surface area contributed by atoms with E-state index in [4.69, 9.17) is 4.74 Å². The van der Waals surface area contributed by atoms with Crippen molar-refractivity contribution in [1.82, 2.24) is 4.31 Å². The Morgan fingerprint density at radius 2 is 1.36 bits per heavy atom. The molecule has 36 heavy (non-hydrogen) atoms. The normalized spacial score (nSPS) is 11.8. The second-order valence-electron chi connectivity index (χ2n) is 8.49. The van der Waals surface area contributed by atoms with Crippen LogP contribution in [0.25, 0.3) is 10.8 Å². The molecule has 0 aromatic heterocycles. The fourth-order valence-corrected chi connectivity index (χ4v) is 6.32. The van der Waals surface area contributed by atoms with Crippen molar-refractivity contribution in [3.05, 3.63) is 111 Å². The lowest BCUT2D eigenvalue weighted by Crippen LogP contribution is -2.40. The summed E-state index contributed by atoms with van der Waals surface area (Å²) in [5.74, 6) is -0.684. The first-order chi connectivity index (χ1) is 17.2. The molecule has 0 saturated heterocycles. The largest absolute Gasteiger partial charge is 0.465 e. The number of sulfonamides is 1. The lowest BCUT2D eigenvalue weighted by atomic mass is 9.99. The van der Waals surface area contributed by atoms with Crippen LogP contribution in [0.15, 0.2) is 98.8 Å². The molecule has 0 bridgehead atoms. The number of ether oxygens (including phenoxy) is 1. The molecule has 0 aliphatic rings. The number of halogens is 2. The molecular weight excluding hydrogens is 606 g/mol. The van der Waals surface area contributed by atoms with Gasteiger partial charge in [0.15, 0.2) is 0 Å². The van der Waals surface area contributed by atoms with Crippen LogP contribution in [0.2, 0.25) is 0 Å². The molecule has 4 aromatic rings. The SMILES string of the molecule is COC(=O)c1c(S(=O)(=O)N(C)C(Cc2ccc(Br)cc2)Cc2ccc(Br)cc2)ccc2ccccc12. The molecular formula is C28H25Br2NO4S. The van der Waals surface area contributed by atoms with Gasteiger partial charge in [0.1, 0.15) is 0 Å². The maximum Gasteiger partial charge on any atom is 0.339 e. The summed E-state index contributed by atoms with van der Waals surface area (Å²) in [6.07, 6.45) is 1.00. The number of benzene rings is 4. The van der Waals surface area contributed by atoms with Gasteiger partial charge in [0.05, 0.1) is 17.6 Å². The smallest absolute Gasteiger partial charge is 0.339 e. The fourth-order valence-electron chi connectivity index (χ4n) is 4.24. The predicted molar refractivity (Wildman–Crippen MR) is 150 cm³/mol. The Labute approximate surface area is 228 Å². The van der Waals surface area contributed by atoms with Gasteiger partial charge in [0.2, 0.25) is 10.0 Å². The van der Waals surface area contributed by atoms with Crippen molar-refractivity contribution in [1.29, 1.82) is 0 Å². The van der Waals surface area contributed by atoms with E-state index in [1.54, 1.807) is 25.2 Å². The highest BCUT2D eigenvalue weighted by Gasteiger charge is 2.33. The second kappa shape index (κ2) is 11.3. The molecule has 0 fully saturated rings. The summed E-state index contributed by atoms with van der Waals surface area (Å²) in [4.78, 5) is 12.8. The van der Waals surface area contributed by atoms with E-state index in [0.717, 1.165) is 25.5 Å². The summed E-state index contributed by atoms with van der Waals surface area (Å²) in [5.41, 5.74) is 2.07. The van der Waals surface area contributed by atoms with Crippen LogP contribution in [-0.4, -0.2) is 38.9 Å². The van der Waals surface area contributed by atoms with Crippen molar-refractivity contribution in [3.63, 3.8) is 0 Å². The van der Waals surface area contributed by atoms with Gasteiger partial charge in [-0.3, -0.25) is 0 Å². The van der Waals surface area contributed by atoms with Crippen molar-refractivity contribution in [2.75, 3.05) is 14.2 Å². The lowest BCUT2D eigenvalue weighted by molar-refractivity contribution is 0.0598. The zero-order valence-electron chi connectivity index (χ0n) is 19.8. The summed E-state index contributed by atoms with van der Waals surface area (Å²) < 4.78 is 36.4. The summed E-state index contributed by atoms with van der Waals surface area (Å²) in [6.45, 7) is 0. The van der Waals surface area contributed by atoms with Crippen molar-refractivity contribution in [3.8, 4) is 0 Å². The maximum absolute atomic E-state index is 14.1. The number of hydrogen-bond donors (Lipinski definition) is 0. The molecule has 0 unspecified atom stereocenters. The van der Waals surface area contributed by atoms with E-state index in [9.17, 15) is 13.2 Å². The van der Waals surface area contributed by atoms with Crippen molar-refractivity contribution in [2.24, 2.45) is 0 Å². The van der Waals surface area contributed by atoms with Crippen molar-refractivity contribution in [2.45, 2.75) is 23.8 Å². The van der Waals surface area contributed by atoms with E-state index in [1.807, 2.05) is 60.7 Å². The molecule has 4 rings (SSSR count). The number of carbonyl (C=O) groups excluding carboxylic acids is 1. The standard InChI is InChI=1S/C28H25Br2NO4S/c1-31(24(17-19-7-12-22(29)13-8-19)18-20-9-14-23(30)15-10-20)36(33,34)26-16-11-21-5-3-4-6-25(21)27(26)28(32)35-2/h3-16,24H,17-18H2,1-2H3. The number of nitrogens with zero attached hydrogens (tertiary/aromatic N) is 1. The van der Waals surface area contributed by atoms with Gasteiger partial charge >= 0.3 is 5.97 Å². The van der Waals surface area contributed by atoms with Gasteiger partial charge in [-0.05, 0) is 65.1 Å². The minimum absolute atomic E-state index is 0.0495. The zero-order valence-corrected chi connectivity index (χ0v) is 23.8. The summed E-state index contributed by atoms with van der Waals surface area (Å²) >= 11 is 6.91. The number of fused-ring (bicyclic) bond motifs is 1. The third-order valence-corrected chi connectivity index (χ3v) is 9.23. The van der Waals surface area contributed by atoms with E-state index < -0.39 is 22.0 Å². The van der Waals surface area contributed by atoms with E-state index in [0.29, 0.717) is 18.2 Å². The van der Waals surface area contributed by atoms with Crippen LogP contribution in [0.1, 0.15) is 21.5 Å². The van der Waals surface area contributed by atoms with Gasteiger partial charge in [-0.15, -0.1) is 0 Å². The van der Waals surface area contributed by atoms with Gasteiger partial charge in [-0.1, -0.05) is 86.5 Å². The second-order valence-corrected chi connectivity index (χ2v) is 12.3. The lowest BCUT2D eigenvalue weighted by Gasteiger charge is -2.29. The Bertz CT molecular complexity index is 1440. The summed E-state index contributed by atoms with van der Waals surface area (Å²) in [6, 6.07) is 25.7. The molecule has 0 aliphatic heterocycles. The quantitative estimate of drug-likeness (QED) is 0.205. The van der Waals surface area contributed by atoms with E-state index in [-0.39, 0.29) is 10.5 Å². The highest BCUT2D eigenvalue weighted by atomic mass is 79.9. The molecule has 8 heteroatoms. The first-order valence-corrected chi connectivity index (χ1v) is 14.3. The number of likely N-dealkylation sites (N-methyl/N-ethyl adjacent to an activating group) is 1. The maximum atomic E-state index is 14.1. The molecule has 0 spiro atoms. The summed E-state index contributed by atoms with van der Waals surface area (Å²) in [5, 5.41) is 1.30. The molecule has 0 aliphatic carbocycles. The Kier molecular flexibility index (Phi) is 8.30. The monoisotopic (exact) mass is 629 g/mol. The van der Waals surface area contributed by atoms with Crippen LogP contribution < -0.4 is 0 Å². The molecule has 186 valence electrons. The third-order valence-electron chi connectivity index (χ3n) is 6.22. The van der Waals surface area contributed by atoms with Crippen LogP contribution >= 0.6 is 31.9 Å². The fraction of sp³-hybridized carbons (Fsp3) is 0.179. The minimum Gasteiger partial charge on any atom is -0.465 e. The highest BCUT2D eigenvalue weighted by Crippen LogP contribution is 2.30. The minimum atomic E-state index is -4.06. The Morgan fingerprint density at radius 1 is 0.833 bits per heavy atom. The molecule has 0 atom stereocenters. The van der Waals surface area contributed by atoms with Gasteiger partial charge in [0, 0.05) is 22.0 Å². The van der Waals surface area contributed by atoms with E-state index in [2.05, 4.69) is 31.9 Å². The van der Waals surface area contributed by atoms with Crippen LogP contribution in [0, 0.1) is 0 Å². The van der Waals surface area contributed by atoms with Gasteiger partial charge in [0.25, 0.3) is 0 Å². The number of rotatable bonds is 8. The number of carbonyl (C=O) groups is 1. The Balaban J connectivity index is 1.79. The number of methoxy groups -OCH3 is 1. The molecule has 5 nitrogen and oxygen atoms in total. The van der Waals surface area contributed by atoms with Gasteiger partial charge in [-0.25, -0.2) is 13.2 Å². The topological polar surface area (TPSA) is 63.7 Å². The Hall–Kier alpha value is -2.52. The van der Waals surface area contributed by atoms with Crippen LogP contribution in [0.5, 0.6) is 0 Å². The van der Waals surface area contributed by atoms with Crippen molar-refractivity contribution >= 4 is 58.6 Å². The zero-order chi connectivity index (χ0) is 25.9. The summed E-state index contributed by atoms with van der Waals surface area (Å²) in [7, 11) is -1.22. The molecule has 0 amide bonds. The molecule has 0 N–H and O–H groups in total. The first-order valence-electron chi connectivity index (χ1n) is 11.3.